The predicted octanol–water partition coefficient (Wildman–Crippen LogP) is 3.00. The maximum Gasteiger partial charge on any atom is 0.315 e. The van der Waals surface area contributed by atoms with E-state index in [1.54, 1.807) is 6.26 Å². The van der Waals surface area contributed by atoms with Gasteiger partial charge in [-0.1, -0.05) is 12.8 Å². The normalized spacial score (nSPS) is 25.0. The zero-order valence-corrected chi connectivity index (χ0v) is 13.3. The second-order valence-electron chi connectivity index (χ2n) is 6.73. The van der Waals surface area contributed by atoms with Crippen molar-refractivity contribution >= 4 is 6.03 Å². The molecule has 2 fully saturated rings. The van der Waals surface area contributed by atoms with E-state index in [2.05, 4.69) is 10.6 Å². The first-order chi connectivity index (χ1) is 10.7. The van der Waals surface area contributed by atoms with Gasteiger partial charge in [-0.3, -0.25) is 0 Å². The SMILES string of the molecule is C[C@@H](Cc1ccco1)NC(=O)N[C@H]1CCOC2(CCCC2)C1. The monoisotopic (exact) mass is 306 g/mol. The molecule has 122 valence electrons. The summed E-state index contributed by atoms with van der Waals surface area (Å²) in [6.07, 6.45) is 9.00. The van der Waals surface area contributed by atoms with Crippen molar-refractivity contribution in [3.8, 4) is 0 Å². The maximum absolute atomic E-state index is 12.2. The van der Waals surface area contributed by atoms with Crippen LogP contribution in [0.25, 0.3) is 0 Å². The summed E-state index contributed by atoms with van der Waals surface area (Å²) in [5.41, 5.74) is 0.0377. The molecule has 1 aromatic heterocycles. The lowest BCUT2D eigenvalue weighted by Crippen LogP contribution is -2.51. The molecule has 2 heterocycles. The molecule has 5 heteroatoms. The maximum atomic E-state index is 12.2. The number of furan rings is 1. The highest BCUT2D eigenvalue weighted by Crippen LogP contribution is 2.39. The van der Waals surface area contributed by atoms with Crippen LogP contribution in [0.15, 0.2) is 22.8 Å². The molecule has 0 bridgehead atoms. The summed E-state index contributed by atoms with van der Waals surface area (Å²) in [6.45, 7) is 2.75. The quantitative estimate of drug-likeness (QED) is 0.899. The Morgan fingerprint density at radius 2 is 2.27 bits per heavy atom. The Labute approximate surface area is 131 Å². The molecule has 22 heavy (non-hydrogen) atoms. The van der Waals surface area contributed by atoms with E-state index in [0.29, 0.717) is 6.42 Å². The van der Waals surface area contributed by atoms with Gasteiger partial charge >= 0.3 is 6.03 Å². The summed E-state index contributed by atoms with van der Waals surface area (Å²) in [5.74, 6) is 0.892. The topological polar surface area (TPSA) is 63.5 Å². The van der Waals surface area contributed by atoms with Crippen LogP contribution in [0.3, 0.4) is 0 Å². The minimum atomic E-state index is -0.0842. The first-order valence-corrected chi connectivity index (χ1v) is 8.39. The molecule has 3 rings (SSSR count). The molecule has 2 atom stereocenters. The Morgan fingerprint density at radius 1 is 1.45 bits per heavy atom. The Hall–Kier alpha value is -1.49. The second kappa shape index (κ2) is 6.73. The Morgan fingerprint density at radius 3 is 3.00 bits per heavy atom. The van der Waals surface area contributed by atoms with Crippen molar-refractivity contribution in [1.29, 1.82) is 0 Å². The number of nitrogens with one attached hydrogen (secondary N) is 2. The van der Waals surface area contributed by atoms with Crippen molar-refractivity contribution < 1.29 is 13.9 Å². The van der Waals surface area contributed by atoms with Gasteiger partial charge in [-0.2, -0.15) is 0 Å². The van der Waals surface area contributed by atoms with Gasteiger partial charge in [0.2, 0.25) is 0 Å². The number of amides is 2. The predicted molar refractivity (Wildman–Crippen MR) is 83.7 cm³/mol. The van der Waals surface area contributed by atoms with Gasteiger partial charge in [0, 0.05) is 25.1 Å². The number of carbonyl (C=O) groups excluding carboxylic acids is 1. The van der Waals surface area contributed by atoms with Crippen LogP contribution < -0.4 is 10.6 Å². The van der Waals surface area contributed by atoms with Crippen LogP contribution >= 0.6 is 0 Å². The largest absolute Gasteiger partial charge is 0.469 e. The summed E-state index contributed by atoms with van der Waals surface area (Å²) in [7, 11) is 0. The van der Waals surface area contributed by atoms with Crippen LogP contribution in [0.5, 0.6) is 0 Å². The summed E-state index contributed by atoms with van der Waals surface area (Å²) < 4.78 is 11.3. The number of carbonyl (C=O) groups is 1. The average molecular weight is 306 g/mol. The van der Waals surface area contributed by atoms with Crippen molar-refractivity contribution in [2.24, 2.45) is 0 Å². The van der Waals surface area contributed by atoms with Gasteiger partial charge in [-0.05, 0) is 44.7 Å². The molecule has 0 aromatic carbocycles. The minimum absolute atomic E-state index is 0.0377. The number of rotatable bonds is 4. The van der Waals surface area contributed by atoms with Crippen molar-refractivity contribution in [3.63, 3.8) is 0 Å². The van der Waals surface area contributed by atoms with Crippen LogP contribution in [0, 0.1) is 0 Å². The molecule has 1 aromatic rings. The molecule has 1 aliphatic carbocycles. The molecule has 0 unspecified atom stereocenters. The summed E-state index contributed by atoms with van der Waals surface area (Å²) in [4.78, 5) is 12.2. The second-order valence-corrected chi connectivity index (χ2v) is 6.73. The lowest BCUT2D eigenvalue weighted by atomic mass is 9.89. The molecule has 1 saturated carbocycles. The molecule has 0 radical (unpaired) electrons. The van der Waals surface area contributed by atoms with E-state index in [1.165, 1.54) is 12.8 Å². The number of ether oxygens (including phenoxy) is 1. The van der Waals surface area contributed by atoms with Crippen molar-refractivity contribution in [2.45, 2.75) is 69.6 Å². The molecular formula is C17H26N2O3. The van der Waals surface area contributed by atoms with E-state index in [9.17, 15) is 4.79 Å². The highest BCUT2D eigenvalue weighted by Gasteiger charge is 2.40. The standard InChI is InChI=1S/C17H26N2O3/c1-13(11-15-5-4-9-21-15)18-16(20)19-14-6-10-22-17(12-14)7-2-3-8-17/h4-5,9,13-14H,2-3,6-8,10-12H2,1H3,(H2,18,19,20)/t13-,14-/m0/s1. The van der Waals surface area contributed by atoms with E-state index < -0.39 is 0 Å². The van der Waals surface area contributed by atoms with Crippen LogP contribution in [-0.4, -0.2) is 30.3 Å². The minimum Gasteiger partial charge on any atom is -0.469 e. The van der Waals surface area contributed by atoms with Crippen LogP contribution in [0.2, 0.25) is 0 Å². The van der Waals surface area contributed by atoms with Gasteiger partial charge in [-0.15, -0.1) is 0 Å². The van der Waals surface area contributed by atoms with Crippen molar-refractivity contribution in [3.05, 3.63) is 24.2 Å². The molecular weight excluding hydrogens is 280 g/mol. The van der Waals surface area contributed by atoms with Crippen LogP contribution in [-0.2, 0) is 11.2 Å². The van der Waals surface area contributed by atoms with E-state index in [4.69, 9.17) is 9.15 Å². The molecule has 5 nitrogen and oxygen atoms in total. The van der Waals surface area contributed by atoms with Gasteiger partial charge < -0.3 is 19.8 Å². The van der Waals surface area contributed by atoms with E-state index in [1.807, 2.05) is 19.1 Å². The molecule has 2 amide bonds. The highest BCUT2D eigenvalue weighted by molar-refractivity contribution is 5.74. The number of hydrogen-bond acceptors (Lipinski definition) is 3. The van der Waals surface area contributed by atoms with E-state index in [0.717, 1.165) is 38.1 Å². The Balaban J connectivity index is 1.45. The highest BCUT2D eigenvalue weighted by atomic mass is 16.5. The molecule has 1 spiro atoms. The van der Waals surface area contributed by atoms with Crippen LogP contribution in [0.1, 0.15) is 51.2 Å². The summed E-state index contributed by atoms with van der Waals surface area (Å²) in [5, 5.41) is 6.11. The van der Waals surface area contributed by atoms with Gasteiger partial charge in [0.05, 0.1) is 11.9 Å². The van der Waals surface area contributed by atoms with Crippen molar-refractivity contribution in [1.82, 2.24) is 10.6 Å². The number of hydrogen-bond donors (Lipinski definition) is 2. The van der Waals surface area contributed by atoms with Gasteiger partial charge in [0.1, 0.15) is 5.76 Å². The summed E-state index contributed by atoms with van der Waals surface area (Å²) in [6, 6.07) is 3.98. The fraction of sp³-hybridized carbons (Fsp3) is 0.706. The zero-order chi connectivity index (χ0) is 15.4. The Kier molecular flexibility index (Phi) is 4.71. The summed E-state index contributed by atoms with van der Waals surface area (Å²) >= 11 is 0. The Bertz CT molecular complexity index is 480. The third kappa shape index (κ3) is 3.83. The third-order valence-corrected chi connectivity index (χ3v) is 4.81. The molecule has 2 N–H and O–H groups in total. The molecule has 2 aliphatic rings. The van der Waals surface area contributed by atoms with Crippen LogP contribution in [0.4, 0.5) is 4.79 Å². The molecule has 1 aliphatic heterocycles. The van der Waals surface area contributed by atoms with E-state index in [-0.39, 0.29) is 23.7 Å². The van der Waals surface area contributed by atoms with Crippen molar-refractivity contribution in [2.75, 3.05) is 6.61 Å². The average Bonchev–Trinajstić information content (AvgIpc) is 3.11. The zero-order valence-electron chi connectivity index (χ0n) is 13.3. The number of urea groups is 1. The lowest BCUT2D eigenvalue weighted by molar-refractivity contribution is -0.0820. The first-order valence-electron chi connectivity index (χ1n) is 8.39. The lowest BCUT2D eigenvalue weighted by Gasteiger charge is -2.38. The fourth-order valence-electron chi connectivity index (χ4n) is 3.75. The van der Waals surface area contributed by atoms with Gasteiger partial charge in [-0.25, -0.2) is 4.79 Å². The smallest absolute Gasteiger partial charge is 0.315 e. The third-order valence-electron chi connectivity index (χ3n) is 4.81. The van der Waals surface area contributed by atoms with Gasteiger partial charge in [0.25, 0.3) is 0 Å². The first kappa shape index (κ1) is 15.4. The molecule has 1 saturated heterocycles. The fourth-order valence-corrected chi connectivity index (χ4v) is 3.75. The van der Waals surface area contributed by atoms with Gasteiger partial charge in [0.15, 0.2) is 0 Å². The van der Waals surface area contributed by atoms with E-state index >= 15 is 0 Å².